The molecule has 0 radical (unpaired) electrons. The molecule has 0 spiro atoms. The lowest BCUT2D eigenvalue weighted by molar-refractivity contribution is -0.134. The Morgan fingerprint density at radius 3 is 2.30 bits per heavy atom. The second-order valence-corrected chi connectivity index (χ2v) is 9.37. The molecule has 0 bridgehead atoms. The van der Waals surface area contributed by atoms with Crippen molar-refractivity contribution >= 4 is 35.1 Å². The van der Waals surface area contributed by atoms with E-state index in [0.717, 1.165) is 43.4 Å². The third-order valence-electron chi connectivity index (χ3n) is 5.95. The van der Waals surface area contributed by atoms with Crippen molar-refractivity contribution in [3.63, 3.8) is 0 Å². The molecule has 9 heteroatoms. The third-order valence-corrected chi connectivity index (χ3v) is 6.69. The van der Waals surface area contributed by atoms with Gasteiger partial charge in [0.1, 0.15) is 0 Å². The van der Waals surface area contributed by atoms with Gasteiger partial charge in [-0.2, -0.15) is 0 Å². The molecule has 7 nitrogen and oxygen atoms in total. The number of pyridine rings is 1. The summed E-state index contributed by atoms with van der Waals surface area (Å²) in [5, 5.41) is 20.5. The van der Waals surface area contributed by atoms with Crippen molar-refractivity contribution in [3.05, 3.63) is 116 Å². The number of carboxylic acids is 2. The molecule has 0 saturated heterocycles. The fraction of sp³-hybridized carbons (Fsp3) is 0.250. The average Bonchev–Trinajstić information content (AvgIpc) is 2.88. The van der Waals surface area contributed by atoms with Gasteiger partial charge >= 0.3 is 11.9 Å². The molecule has 2 aromatic carbocycles. The van der Waals surface area contributed by atoms with Crippen LogP contribution >= 0.6 is 23.2 Å². The van der Waals surface area contributed by atoms with Crippen molar-refractivity contribution in [1.29, 1.82) is 0 Å². The standard InChI is InChI=1S/C24H24Cl2N2O.C4H4O4/c25-20-11-9-17(15-21(20)26)13-14-27-22-7-4-8-23-19(22)10-12-24(29)28(23)16-18-5-2-1-3-6-18;5-3(6)1-2-4(7)8/h1-3,5-6,9-12,15,22,27H,4,7-8,13-14,16H2;1-2H,(H,5,6)(H,7,8)/b;2-1+. The van der Waals surface area contributed by atoms with Gasteiger partial charge in [-0.15, -0.1) is 0 Å². The van der Waals surface area contributed by atoms with E-state index in [1.54, 1.807) is 6.07 Å². The Labute approximate surface area is 225 Å². The number of nitrogens with one attached hydrogen (secondary N) is 1. The summed E-state index contributed by atoms with van der Waals surface area (Å²) in [7, 11) is 0. The summed E-state index contributed by atoms with van der Waals surface area (Å²) >= 11 is 12.1. The van der Waals surface area contributed by atoms with E-state index in [1.165, 1.54) is 11.3 Å². The number of rotatable bonds is 8. The number of carbonyl (C=O) groups is 2. The van der Waals surface area contributed by atoms with Crippen molar-refractivity contribution in [3.8, 4) is 0 Å². The number of nitrogens with zero attached hydrogens (tertiary/aromatic N) is 1. The zero-order chi connectivity index (χ0) is 26.8. The van der Waals surface area contributed by atoms with E-state index < -0.39 is 11.9 Å². The minimum Gasteiger partial charge on any atom is -0.478 e. The molecule has 3 N–H and O–H groups in total. The molecule has 0 amide bonds. The molecule has 4 rings (SSSR count). The summed E-state index contributed by atoms with van der Waals surface area (Å²) in [5.74, 6) is -2.51. The first kappa shape index (κ1) is 28.2. The second-order valence-electron chi connectivity index (χ2n) is 8.55. The molecule has 0 fully saturated rings. The van der Waals surface area contributed by atoms with E-state index in [2.05, 4.69) is 17.4 Å². The van der Waals surface area contributed by atoms with Crippen LogP contribution in [0, 0.1) is 0 Å². The predicted octanol–water partition coefficient (Wildman–Crippen LogP) is 5.12. The second kappa shape index (κ2) is 13.8. The Morgan fingerprint density at radius 1 is 0.946 bits per heavy atom. The number of halogens is 2. The number of carboxylic acid groups (broad SMARTS) is 2. The Hall–Kier alpha value is -3.39. The SMILES string of the molecule is O=C(O)/C=C/C(=O)O.O=c1ccc2c(n1Cc1ccccc1)CCCC2NCCc1ccc(Cl)c(Cl)c1. The van der Waals surface area contributed by atoms with Crippen molar-refractivity contribution in [2.45, 2.75) is 38.3 Å². The van der Waals surface area contributed by atoms with E-state index in [9.17, 15) is 14.4 Å². The molecular weight excluding hydrogens is 515 g/mol. The van der Waals surface area contributed by atoms with Crippen LogP contribution in [0.3, 0.4) is 0 Å². The van der Waals surface area contributed by atoms with Gasteiger partial charge in [-0.05, 0) is 61.1 Å². The smallest absolute Gasteiger partial charge is 0.328 e. The van der Waals surface area contributed by atoms with Gasteiger partial charge < -0.3 is 20.1 Å². The Balaban J connectivity index is 0.000000414. The molecule has 3 aromatic rings. The van der Waals surface area contributed by atoms with Crippen molar-refractivity contribution in [1.82, 2.24) is 9.88 Å². The quantitative estimate of drug-likeness (QED) is 0.340. The lowest BCUT2D eigenvalue weighted by atomic mass is 9.90. The van der Waals surface area contributed by atoms with Crippen LogP contribution in [-0.4, -0.2) is 33.3 Å². The monoisotopic (exact) mass is 542 g/mol. The van der Waals surface area contributed by atoms with E-state index in [1.807, 2.05) is 47.0 Å². The molecule has 1 atom stereocenters. The summed E-state index contributed by atoms with van der Waals surface area (Å²) in [5.41, 5.74) is 4.80. The van der Waals surface area contributed by atoms with Crippen LogP contribution < -0.4 is 10.9 Å². The van der Waals surface area contributed by atoms with Crippen LogP contribution in [-0.2, 0) is 29.0 Å². The number of aromatic nitrogens is 1. The van der Waals surface area contributed by atoms with Gasteiger partial charge in [0.05, 0.1) is 16.6 Å². The molecule has 37 heavy (non-hydrogen) atoms. The molecule has 1 unspecified atom stereocenters. The number of hydrogen-bond acceptors (Lipinski definition) is 4. The maximum absolute atomic E-state index is 12.6. The zero-order valence-electron chi connectivity index (χ0n) is 20.1. The molecule has 194 valence electrons. The van der Waals surface area contributed by atoms with Crippen LogP contribution in [0.15, 0.2) is 77.6 Å². The average molecular weight is 543 g/mol. The van der Waals surface area contributed by atoms with Crippen LogP contribution in [0.1, 0.15) is 41.3 Å². The summed E-state index contributed by atoms with van der Waals surface area (Å²) in [4.78, 5) is 31.7. The summed E-state index contributed by atoms with van der Waals surface area (Å²) in [6, 6.07) is 20.0. The van der Waals surface area contributed by atoms with E-state index >= 15 is 0 Å². The van der Waals surface area contributed by atoms with Gasteiger partial charge in [-0.3, -0.25) is 4.79 Å². The maximum Gasteiger partial charge on any atom is 0.328 e. The third kappa shape index (κ3) is 8.60. The predicted molar refractivity (Wildman–Crippen MR) is 145 cm³/mol. The number of benzene rings is 2. The van der Waals surface area contributed by atoms with E-state index in [-0.39, 0.29) is 11.6 Å². The highest BCUT2D eigenvalue weighted by molar-refractivity contribution is 6.42. The normalized spacial score (nSPS) is 14.5. The van der Waals surface area contributed by atoms with Crippen molar-refractivity contribution in [2.75, 3.05) is 6.54 Å². The Morgan fingerprint density at radius 2 is 1.65 bits per heavy atom. The molecule has 1 aromatic heterocycles. The van der Waals surface area contributed by atoms with Gasteiger partial charge in [0.2, 0.25) is 0 Å². The van der Waals surface area contributed by atoms with Gasteiger partial charge in [0.25, 0.3) is 5.56 Å². The lowest BCUT2D eigenvalue weighted by Gasteiger charge is -2.29. The largest absolute Gasteiger partial charge is 0.478 e. The van der Waals surface area contributed by atoms with Crippen LogP contribution in [0.5, 0.6) is 0 Å². The van der Waals surface area contributed by atoms with Crippen molar-refractivity contribution in [2.24, 2.45) is 0 Å². The molecule has 1 aliphatic carbocycles. The fourth-order valence-electron chi connectivity index (χ4n) is 4.24. The number of fused-ring (bicyclic) bond motifs is 1. The highest BCUT2D eigenvalue weighted by Crippen LogP contribution is 2.29. The molecule has 1 heterocycles. The van der Waals surface area contributed by atoms with Gasteiger partial charge in [0.15, 0.2) is 0 Å². The topological polar surface area (TPSA) is 109 Å². The molecule has 0 saturated carbocycles. The Kier molecular flexibility index (Phi) is 10.5. The highest BCUT2D eigenvalue weighted by atomic mass is 35.5. The first-order valence-corrected chi connectivity index (χ1v) is 12.6. The summed E-state index contributed by atoms with van der Waals surface area (Å²) in [6.07, 6.45) is 5.11. The van der Waals surface area contributed by atoms with Gasteiger partial charge in [0, 0.05) is 30.0 Å². The van der Waals surface area contributed by atoms with Crippen molar-refractivity contribution < 1.29 is 19.8 Å². The van der Waals surface area contributed by atoms with Gasteiger partial charge in [-0.1, -0.05) is 65.7 Å². The highest BCUT2D eigenvalue weighted by Gasteiger charge is 2.22. The van der Waals surface area contributed by atoms with E-state index in [4.69, 9.17) is 33.4 Å². The molecular formula is C28H28Cl2N2O5. The van der Waals surface area contributed by atoms with E-state index in [0.29, 0.717) is 28.7 Å². The maximum atomic E-state index is 12.6. The number of aliphatic carboxylic acids is 2. The first-order chi connectivity index (χ1) is 17.7. The fourth-order valence-corrected chi connectivity index (χ4v) is 4.56. The summed E-state index contributed by atoms with van der Waals surface area (Å²) in [6.45, 7) is 1.47. The zero-order valence-corrected chi connectivity index (χ0v) is 21.6. The van der Waals surface area contributed by atoms with Gasteiger partial charge in [-0.25, -0.2) is 9.59 Å². The first-order valence-electron chi connectivity index (χ1n) is 11.8. The molecule has 0 aliphatic heterocycles. The molecule has 1 aliphatic rings. The minimum absolute atomic E-state index is 0.0732. The minimum atomic E-state index is -1.26. The van der Waals surface area contributed by atoms with Crippen LogP contribution in [0.2, 0.25) is 10.0 Å². The van der Waals surface area contributed by atoms with Crippen LogP contribution in [0.4, 0.5) is 0 Å². The number of hydrogen-bond donors (Lipinski definition) is 3. The van der Waals surface area contributed by atoms with Crippen LogP contribution in [0.25, 0.3) is 0 Å². The lowest BCUT2D eigenvalue weighted by Crippen LogP contribution is -2.32. The Bertz CT molecular complexity index is 1310. The summed E-state index contributed by atoms with van der Waals surface area (Å²) < 4.78 is 1.94.